The van der Waals surface area contributed by atoms with Crippen LogP contribution >= 0.6 is 0 Å². The number of rotatable bonds is 8. The average Bonchev–Trinajstić information content (AvgIpc) is 2.93. The van der Waals surface area contributed by atoms with E-state index in [4.69, 9.17) is 10.7 Å². The predicted molar refractivity (Wildman–Crippen MR) is 159 cm³/mol. The molecule has 210 valence electrons. The van der Waals surface area contributed by atoms with Crippen LogP contribution in [0.2, 0.25) is 0 Å². The number of amides is 2. The number of nitrogens with one attached hydrogen (secondary N) is 1. The minimum Gasteiger partial charge on any atom is -0.465 e. The van der Waals surface area contributed by atoms with Crippen LogP contribution < -0.4 is 11.1 Å². The maximum absolute atomic E-state index is 13.0. The van der Waals surface area contributed by atoms with E-state index in [1.807, 2.05) is 38.1 Å². The first kappa shape index (κ1) is 27.8. The second kappa shape index (κ2) is 11.8. The molecule has 0 saturated heterocycles. The lowest BCUT2D eigenvalue weighted by Crippen LogP contribution is -2.45. The predicted octanol–water partition coefficient (Wildman–Crippen LogP) is 7.03. The molecule has 7 nitrogen and oxygen atoms in total. The van der Waals surface area contributed by atoms with Crippen LogP contribution in [0.25, 0.3) is 22.4 Å². The number of nitrogens with two attached hydrogens (primary N) is 1. The molecular formula is C33H40N4O3. The van der Waals surface area contributed by atoms with Gasteiger partial charge < -0.3 is 21.1 Å². The number of hydrogen-bond acceptors (Lipinski definition) is 4. The second-order valence-electron chi connectivity index (χ2n) is 11.8. The number of benzene rings is 2. The smallest absolute Gasteiger partial charge is 0.407 e. The van der Waals surface area contributed by atoms with Crippen LogP contribution in [-0.4, -0.2) is 39.1 Å². The van der Waals surface area contributed by atoms with Gasteiger partial charge in [-0.2, -0.15) is 0 Å². The van der Waals surface area contributed by atoms with Crippen molar-refractivity contribution in [3.63, 3.8) is 0 Å². The fourth-order valence-electron chi connectivity index (χ4n) is 6.31. The number of aromatic nitrogens is 1. The quantitative estimate of drug-likeness (QED) is 0.284. The van der Waals surface area contributed by atoms with Crippen LogP contribution in [0.15, 0.2) is 66.9 Å². The number of carboxylic acid groups (broad SMARTS) is 1. The molecule has 2 amide bonds. The van der Waals surface area contributed by atoms with E-state index in [9.17, 15) is 14.7 Å². The summed E-state index contributed by atoms with van der Waals surface area (Å²) >= 11 is 0. The number of hydrogen-bond donors (Lipinski definition) is 3. The Bertz CT molecular complexity index is 1330. The van der Waals surface area contributed by atoms with Gasteiger partial charge in [0.15, 0.2) is 0 Å². The Morgan fingerprint density at radius 3 is 2.27 bits per heavy atom. The van der Waals surface area contributed by atoms with Crippen molar-refractivity contribution < 1.29 is 14.7 Å². The van der Waals surface area contributed by atoms with Gasteiger partial charge in [-0.25, -0.2) is 4.79 Å². The Labute approximate surface area is 236 Å². The lowest BCUT2D eigenvalue weighted by Gasteiger charge is -2.38. The summed E-state index contributed by atoms with van der Waals surface area (Å²) in [5.74, 6) is 0.217. The van der Waals surface area contributed by atoms with Crippen LogP contribution in [0.3, 0.4) is 0 Å². The van der Waals surface area contributed by atoms with Crippen molar-refractivity contribution >= 4 is 17.7 Å². The number of anilines is 1. The van der Waals surface area contributed by atoms with Gasteiger partial charge in [-0.3, -0.25) is 9.78 Å². The second-order valence-corrected chi connectivity index (χ2v) is 11.8. The van der Waals surface area contributed by atoms with Gasteiger partial charge in [0.1, 0.15) is 0 Å². The van der Waals surface area contributed by atoms with Crippen molar-refractivity contribution in [2.75, 3.05) is 5.32 Å². The standard InChI is InChI=1S/C33H40N4O3/c1-22(2)37(32(39)40)28-15-9-23(10-16-28)19-30(38)36-27-20-29(24-7-4-3-5-8-24)31(35-21-27)25-11-13-26(14-12-25)33(34)17-6-18-33/h3-5,7-8,11-14,20-23,28H,6,9-10,15-19,34H2,1-2H3,(H,36,38)(H,39,40). The van der Waals surface area contributed by atoms with Gasteiger partial charge in [0, 0.05) is 35.2 Å². The summed E-state index contributed by atoms with van der Waals surface area (Å²) in [6, 6.07) is 20.5. The van der Waals surface area contributed by atoms with Crippen molar-refractivity contribution in [2.24, 2.45) is 11.7 Å². The maximum Gasteiger partial charge on any atom is 0.407 e. The van der Waals surface area contributed by atoms with Crippen molar-refractivity contribution in [3.05, 3.63) is 72.4 Å². The average molecular weight is 541 g/mol. The fourth-order valence-corrected chi connectivity index (χ4v) is 6.31. The van der Waals surface area contributed by atoms with E-state index >= 15 is 0 Å². The lowest BCUT2D eigenvalue weighted by atomic mass is 9.72. The van der Waals surface area contributed by atoms with Gasteiger partial charge in [0.2, 0.25) is 5.91 Å². The molecule has 0 bridgehead atoms. The van der Waals surface area contributed by atoms with Crippen LogP contribution in [-0.2, 0) is 10.3 Å². The third-order valence-corrected chi connectivity index (χ3v) is 8.70. The minimum absolute atomic E-state index is 0.0279. The maximum atomic E-state index is 13.0. The summed E-state index contributed by atoms with van der Waals surface area (Å²) in [6.07, 6.45) is 7.79. The van der Waals surface area contributed by atoms with E-state index in [1.165, 1.54) is 12.0 Å². The zero-order chi connectivity index (χ0) is 28.3. The summed E-state index contributed by atoms with van der Waals surface area (Å²) in [5, 5.41) is 12.6. The van der Waals surface area contributed by atoms with Gasteiger partial charge in [-0.1, -0.05) is 54.6 Å². The van der Waals surface area contributed by atoms with Crippen LogP contribution in [0, 0.1) is 5.92 Å². The van der Waals surface area contributed by atoms with Gasteiger partial charge in [-0.15, -0.1) is 0 Å². The van der Waals surface area contributed by atoms with Gasteiger partial charge >= 0.3 is 6.09 Å². The Hall–Kier alpha value is -3.71. The SMILES string of the molecule is CC(C)N(C(=O)O)C1CCC(CC(=O)Nc2cnc(-c3ccc(C4(N)CCC4)cc3)c(-c3ccccc3)c2)CC1. The lowest BCUT2D eigenvalue weighted by molar-refractivity contribution is -0.117. The molecule has 2 aliphatic carbocycles. The van der Waals surface area contributed by atoms with Crippen molar-refractivity contribution in [2.45, 2.75) is 82.8 Å². The number of nitrogens with zero attached hydrogens (tertiary/aromatic N) is 2. The van der Waals surface area contributed by atoms with E-state index in [-0.39, 0.29) is 29.4 Å². The van der Waals surface area contributed by atoms with Crippen molar-refractivity contribution in [3.8, 4) is 22.4 Å². The molecule has 1 aromatic heterocycles. The Morgan fingerprint density at radius 1 is 1.02 bits per heavy atom. The monoisotopic (exact) mass is 540 g/mol. The van der Waals surface area contributed by atoms with Crippen molar-refractivity contribution in [1.29, 1.82) is 0 Å². The highest BCUT2D eigenvalue weighted by Gasteiger charge is 2.34. The normalized spacial score (nSPS) is 20.0. The largest absolute Gasteiger partial charge is 0.465 e. The number of carbonyl (C=O) groups is 2. The topological polar surface area (TPSA) is 109 Å². The minimum atomic E-state index is -0.862. The molecule has 2 aromatic carbocycles. The third kappa shape index (κ3) is 6.04. The molecule has 2 saturated carbocycles. The fraction of sp³-hybridized carbons (Fsp3) is 0.424. The summed E-state index contributed by atoms with van der Waals surface area (Å²) in [6.45, 7) is 3.83. The number of carbonyl (C=O) groups excluding carboxylic acids is 1. The molecule has 2 aliphatic rings. The summed E-state index contributed by atoms with van der Waals surface area (Å²) in [7, 11) is 0. The first-order chi connectivity index (χ1) is 19.2. The highest BCUT2D eigenvalue weighted by Crippen LogP contribution is 2.40. The highest BCUT2D eigenvalue weighted by atomic mass is 16.4. The molecular weight excluding hydrogens is 500 g/mol. The molecule has 2 fully saturated rings. The van der Waals surface area contributed by atoms with Crippen LogP contribution in [0.1, 0.15) is 70.8 Å². The summed E-state index contributed by atoms with van der Waals surface area (Å²) in [4.78, 5) is 31.1. The van der Waals surface area contributed by atoms with Crippen molar-refractivity contribution in [1.82, 2.24) is 9.88 Å². The van der Waals surface area contributed by atoms with E-state index < -0.39 is 6.09 Å². The number of pyridine rings is 1. The molecule has 0 spiro atoms. The van der Waals surface area contributed by atoms with Gasteiger partial charge in [0.25, 0.3) is 0 Å². The Morgan fingerprint density at radius 2 is 1.70 bits per heavy atom. The molecule has 4 N–H and O–H groups in total. The van der Waals surface area contributed by atoms with E-state index in [0.29, 0.717) is 12.1 Å². The zero-order valence-corrected chi connectivity index (χ0v) is 23.5. The van der Waals surface area contributed by atoms with Crippen LogP contribution in [0.5, 0.6) is 0 Å². The Balaban J connectivity index is 1.28. The highest BCUT2D eigenvalue weighted by molar-refractivity contribution is 5.93. The molecule has 3 aromatic rings. The zero-order valence-electron chi connectivity index (χ0n) is 23.5. The first-order valence-electron chi connectivity index (χ1n) is 14.5. The molecule has 0 aliphatic heterocycles. The molecule has 0 radical (unpaired) electrons. The summed E-state index contributed by atoms with van der Waals surface area (Å²) < 4.78 is 0. The third-order valence-electron chi connectivity index (χ3n) is 8.70. The molecule has 40 heavy (non-hydrogen) atoms. The van der Waals surface area contributed by atoms with E-state index in [0.717, 1.165) is 60.9 Å². The van der Waals surface area contributed by atoms with E-state index in [1.54, 1.807) is 11.1 Å². The van der Waals surface area contributed by atoms with Gasteiger partial charge in [-0.05, 0) is 81.9 Å². The molecule has 0 unspecified atom stereocenters. The van der Waals surface area contributed by atoms with E-state index in [2.05, 4.69) is 41.7 Å². The first-order valence-corrected chi connectivity index (χ1v) is 14.5. The molecule has 0 atom stereocenters. The summed E-state index contributed by atoms with van der Waals surface area (Å²) in [5.41, 5.74) is 12.0. The molecule has 5 rings (SSSR count). The molecule has 7 heteroatoms. The van der Waals surface area contributed by atoms with Crippen LogP contribution in [0.4, 0.5) is 10.5 Å². The Kier molecular flexibility index (Phi) is 8.22. The van der Waals surface area contributed by atoms with Gasteiger partial charge in [0.05, 0.1) is 17.6 Å². The molecule has 1 heterocycles.